The van der Waals surface area contributed by atoms with Crippen molar-refractivity contribution in [1.29, 1.82) is 0 Å². The number of carboxylic acids is 1. The first-order valence-corrected chi connectivity index (χ1v) is 9.08. The summed E-state index contributed by atoms with van der Waals surface area (Å²) in [7, 11) is 1.61. The second-order valence-electron chi connectivity index (χ2n) is 6.88. The van der Waals surface area contributed by atoms with Gasteiger partial charge in [-0.15, -0.1) is 0 Å². The third kappa shape index (κ3) is 3.61. The number of carbonyl (C=O) groups is 1. The van der Waals surface area contributed by atoms with E-state index in [4.69, 9.17) is 9.15 Å². The minimum Gasteiger partial charge on any atom is -0.496 e. The van der Waals surface area contributed by atoms with Gasteiger partial charge in [0.05, 0.1) is 19.3 Å². The molecule has 144 valence electrons. The van der Waals surface area contributed by atoms with Gasteiger partial charge in [-0.1, -0.05) is 18.2 Å². The molecule has 28 heavy (non-hydrogen) atoms. The number of rotatable bonds is 6. The molecule has 0 spiro atoms. The van der Waals surface area contributed by atoms with Gasteiger partial charge in [0.25, 0.3) is 0 Å². The molecule has 1 aliphatic heterocycles. The number of benzene rings is 1. The van der Waals surface area contributed by atoms with Crippen LogP contribution in [0.15, 0.2) is 59.5 Å². The van der Waals surface area contributed by atoms with Crippen LogP contribution in [0.5, 0.6) is 5.75 Å². The van der Waals surface area contributed by atoms with Gasteiger partial charge in [0.15, 0.2) is 11.6 Å². The molecule has 0 aliphatic carbocycles. The minimum atomic E-state index is -0.789. The van der Waals surface area contributed by atoms with Gasteiger partial charge in [0.1, 0.15) is 5.75 Å². The first-order chi connectivity index (χ1) is 13.7. The van der Waals surface area contributed by atoms with Crippen molar-refractivity contribution >= 4 is 5.97 Å². The lowest BCUT2D eigenvalue weighted by molar-refractivity contribution is -0.141. The molecule has 7 nitrogen and oxygen atoms in total. The van der Waals surface area contributed by atoms with E-state index in [1.807, 2.05) is 30.3 Å². The Morgan fingerprint density at radius 1 is 1.21 bits per heavy atom. The Labute approximate surface area is 162 Å². The summed E-state index contributed by atoms with van der Waals surface area (Å²) in [4.78, 5) is 22.7. The van der Waals surface area contributed by atoms with Crippen LogP contribution in [0.25, 0.3) is 11.6 Å². The van der Waals surface area contributed by atoms with Crippen LogP contribution in [0.4, 0.5) is 0 Å². The monoisotopic (exact) mass is 379 g/mol. The Morgan fingerprint density at radius 3 is 2.68 bits per heavy atom. The summed E-state index contributed by atoms with van der Waals surface area (Å²) < 4.78 is 10.8. The van der Waals surface area contributed by atoms with Gasteiger partial charge in [-0.25, -0.2) is 9.97 Å². The van der Waals surface area contributed by atoms with Crippen LogP contribution < -0.4 is 4.74 Å². The first-order valence-electron chi connectivity index (χ1n) is 9.08. The number of nitrogens with zero attached hydrogens (tertiary/aromatic N) is 3. The van der Waals surface area contributed by atoms with Gasteiger partial charge >= 0.3 is 5.97 Å². The van der Waals surface area contributed by atoms with Crippen LogP contribution in [0.1, 0.15) is 17.0 Å². The average molecular weight is 379 g/mol. The highest BCUT2D eigenvalue weighted by Crippen LogP contribution is 2.38. The number of hydrogen-bond acceptors (Lipinski definition) is 6. The summed E-state index contributed by atoms with van der Waals surface area (Å²) >= 11 is 0. The number of carboxylic acid groups (broad SMARTS) is 1. The van der Waals surface area contributed by atoms with Crippen LogP contribution in [-0.2, 0) is 11.3 Å². The fraction of sp³-hybridized carbons (Fsp3) is 0.286. The Morgan fingerprint density at radius 2 is 2.00 bits per heavy atom. The van der Waals surface area contributed by atoms with E-state index < -0.39 is 11.9 Å². The predicted molar refractivity (Wildman–Crippen MR) is 102 cm³/mol. The van der Waals surface area contributed by atoms with Crippen molar-refractivity contribution in [3.8, 4) is 17.3 Å². The fourth-order valence-electron chi connectivity index (χ4n) is 3.78. The quantitative estimate of drug-likeness (QED) is 0.704. The summed E-state index contributed by atoms with van der Waals surface area (Å²) in [6.45, 7) is 1.70. The highest BCUT2D eigenvalue weighted by Gasteiger charge is 2.39. The normalized spacial score (nSPS) is 19.6. The molecule has 4 rings (SSSR count). The number of likely N-dealkylation sites (tertiary alicyclic amines) is 1. The number of aliphatic carboxylic acids is 1. The number of ether oxygens (including phenoxy) is 1. The van der Waals surface area contributed by atoms with Crippen molar-refractivity contribution in [3.63, 3.8) is 0 Å². The van der Waals surface area contributed by atoms with Crippen molar-refractivity contribution in [2.45, 2.75) is 12.5 Å². The van der Waals surface area contributed by atoms with Gasteiger partial charge in [-0.2, -0.15) is 0 Å². The molecule has 1 aromatic carbocycles. The summed E-state index contributed by atoms with van der Waals surface area (Å²) in [6, 6.07) is 11.2. The molecule has 0 bridgehead atoms. The molecule has 1 N–H and O–H groups in total. The van der Waals surface area contributed by atoms with Gasteiger partial charge in [-0.3, -0.25) is 9.69 Å². The van der Waals surface area contributed by atoms with Crippen molar-refractivity contribution in [2.24, 2.45) is 5.92 Å². The average Bonchev–Trinajstić information content (AvgIpc) is 3.39. The molecule has 3 heterocycles. The van der Waals surface area contributed by atoms with E-state index >= 15 is 0 Å². The summed E-state index contributed by atoms with van der Waals surface area (Å²) in [6.07, 6.45) is 5.11. The lowest BCUT2D eigenvalue weighted by Gasteiger charge is -2.18. The summed E-state index contributed by atoms with van der Waals surface area (Å²) in [5.41, 5.74) is 1.87. The molecule has 0 unspecified atom stereocenters. The zero-order valence-corrected chi connectivity index (χ0v) is 15.5. The molecule has 2 atom stereocenters. The Kier molecular flexibility index (Phi) is 5.08. The zero-order valence-electron chi connectivity index (χ0n) is 15.5. The standard InChI is InChI=1S/C21H21N3O4/c1-27-18-6-3-2-5-15(18)16-12-24(13-17(16)21(25)26)11-14-9-22-20(23-10-14)19-7-4-8-28-19/h2-10,16-17H,11-13H2,1H3,(H,25,26)/t16-,17+/m0/s1. The van der Waals surface area contributed by atoms with Crippen LogP contribution in [0.3, 0.4) is 0 Å². The molecule has 2 aromatic heterocycles. The van der Waals surface area contributed by atoms with Crippen LogP contribution >= 0.6 is 0 Å². The molecule has 7 heteroatoms. The third-order valence-electron chi connectivity index (χ3n) is 5.10. The molecule has 0 saturated carbocycles. The molecule has 1 fully saturated rings. The molecule has 0 amide bonds. The van der Waals surface area contributed by atoms with E-state index in [0.29, 0.717) is 31.2 Å². The maximum atomic E-state index is 11.9. The largest absolute Gasteiger partial charge is 0.496 e. The number of aromatic nitrogens is 2. The van der Waals surface area contributed by atoms with Crippen molar-refractivity contribution in [3.05, 3.63) is 66.2 Å². The highest BCUT2D eigenvalue weighted by molar-refractivity contribution is 5.72. The second kappa shape index (κ2) is 7.82. The smallest absolute Gasteiger partial charge is 0.308 e. The first kappa shape index (κ1) is 18.2. The second-order valence-corrected chi connectivity index (χ2v) is 6.88. The fourth-order valence-corrected chi connectivity index (χ4v) is 3.78. The van der Waals surface area contributed by atoms with Gasteiger partial charge < -0.3 is 14.3 Å². The lowest BCUT2D eigenvalue weighted by atomic mass is 9.88. The van der Waals surface area contributed by atoms with E-state index in [9.17, 15) is 9.90 Å². The van der Waals surface area contributed by atoms with E-state index in [2.05, 4.69) is 14.9 Å². The molecular weight excluding hydrogens is 358 g/mol. The Hall–Kier alpha value is -3.19. The van der Waals surface area contributed by atoms with Gasteiger partial charge in [0, 0.05) is 43.5 Å². The molecule has 1 aliphatic rings. The summed E-state index contributed by atoms with van der Waals surface area (Å²) in [5, 5.41) is 9.73. The van der Waals surface area contributed by atoms with E-state index in [1.165, 1.54) is 0 Å². The maximum absolute atomic E-state index is 11.9. The molecular formula is C21H21N3O4. The van der Waals surface area contributed by atoms with E-state index in [-0.39, 0.29) is 5.92 Å². The van der Waals surface area contributed by atoms with E-state index in [1.54, 1.807) is 31.8 Å². The molecule has 1 saturated heterocycles. The maximum Gasteiger partial charge on any atom is 0.308 e. The predicted octanol–water partition coefficient (Wildman–Crippen LogP) is 3.05. The number of methoxy groups -OCH3 is 1. The molecule has 3 aromatic rings. The van der Waals surface area contributed by atoms with Crippen molar-refractivity contribution in [1.82, 2.24) is 14.9 Å². The number of furan rings is 1. The van der Waals surface area contributed by atoms with Crippen LogP contribution in [0, 0.1) is 5.92 Å². The highest BCUT2D eigenvalue weighted by atomic mass is 16.5. The number of hydrogen-bond donors (Lipinski definition) is 1. The SMILES string of the molecule is COc1ccccc1[C@@H]1CN(Cc2cnc(-c3ccco3)nc2)C[C@H]1C(=O)O. The Balaban J connectivity index is 1.51. The topological polar surface area (TPSA) is 88.7 Å². The zero-order chi connectivity index (χ0) is 19.5. The Bertz CT molecular complexity index is 941. The minimum absolute atomic E-state index is 0.128. The van der Waals surface area contributed by atoms with Crippen LogP contribution in [-0.4, -0.2) is 46.1 Å². The van der Waals surface area contributed by atoms with E-state index in [0.717, 1.165) is 16.9 Å². The molecule has 0 radical (unpaired) electrons. The third-order valence-corrected chi connectivity index (χ3v) is 5.10. The number of para-hydroxylation sites is 1. The van der Waals surface area contributed by atoms with Crippen molar-refractivity contribution < 1.29 is 19.1 Å². The van der Waals surface area contributed by atoms with Gasteiger partial charge in [-0.05, 0) is 23.8 Å². The van der Waals surface area contributed by atoms with Crippen LogP contribution in [0.2, 0.25) is 0 Å². The van der Waals surface area contributed by atoms with Crippen molar-refractivity contribution in [2.75, 3.05) is 20.2 Å². The lowest BCUT2D eigenvalue weighted by Crippen LogP contribution is -2.23. The van der Waals surface area contributed by atoms with Gasteiger partial charge in [0.2, 0.25) is 0 Å². The summed E-state index contributed by atoms with van der Waals surface area (Å²) in [5.74, 6) is 0.478.